The van der Waals surface area contributed by atoms with Crippen molar-refractivity contribution in [1.82, 2.24) is 5.32 Å². The summed E-state index contributed by atoms with van der Waals surface area (Å²) in [6, 6.07) is 0. The van der Waals surface area contributed by atoms with Crippen molar-refractivity contribution in [2.75, 3.05) is 33.5 Å². The number of hydrogen-bond donors (Lipinski definition) is 1. The standard InChI is InChI=1S/C13H27NO2/c1-12(2,3)14-10-13(6-5-8-15-4)7-9-16-11-13/h14H,5-11H2,1-4H3. The lowest BCUT2D eigenvalue weighted by atomic mass is 9.82. The molecule has 96 valence electrons. The van der Waals surface area contributed by atoms with Crippen LogP contribution in [0.15, 0.2) is 0 Å². The van der Waals surface area contributed by atoms with Crippen LogP contribution in [0.5, 0.6) is 0 Å². The summed E-state index contributed by atoms with van der Waals surface area (Å²) in [5.41, 5.74) is 0.530. The minimum absolute atomic E-state index is 0.191. The first-order valence-electron chi connectivity index (χ1n) is 6.29. The first-order valence-corrected chi connectivity index (χ1v) is 6.29. The summed E-state index contributed by atoms with van der Waals surface area (Å²) in [5, 5.41) is 3.61. The van der Waals surface area contributed by atoms with Crippen LogP contribution in [-0.2, 0) is 9.47 Å². The molecule has 0 bridgehead atoms. The molecule has 0 aromatic rings. The molecule has 3 nitrogen and oxygen atoms in total. The molecule has 3 heteroatoms. The molecule has 1 heterocycles. The maximum atomic E-state index is 5.58. The topological polar surface area (TPSA) is 30.5 Å². The van der Waals surface area contributed by atoms with Gasteiger partial charge in [0, 0.05) is 37.8 Å². The Kier molecular flexibility index (Phi) is 5.22. The first kappa shape index (κ1) is 13.9. The van der Waals surface area contributed by atoms with Crippen molar-refractivity contribution in [2.45, 2.75) is 45.6 Å². The third-order valence-electron chi connectivity index (χ3n) is 3.23. The van der Waals surface area contributed by atoms with Crippen molar-refractivity contribution < 1.29 is 9.47 Å². The van der Waals surface area contributed by atoms with Gasteiger partial charge in [-0.15, -0.1) is 0 Å². The van der Waals surface area contributed by atoms with Crippen molar-refractivity contribution in [3.8, 4) is 0 Å². The summed E-state index contributed by atoms with van der Waals surface area (Å²) in [5.74, 6) is 0. The van der Waals surface area contributed by atoms with E-state index in [0.717, 1.165) is 32.8 Å². The average molecular weight is 229 g/mol. The minimum Gasteiger partial charge on any atom is -0.385 e. The molecule has 0 radical (unpaired) electrons. The Bertz CT molecular complexity index is 193. The highest BCUT2D eigenvalue weighted by molar-refractivity contribution is 4.87. The van der Waals surface area contributed by atoms with Gasteiger partial charge in [-0.05, 0) is 40.0 Å². The zero-order valence-corrected chi connectivity index (χ0v) is 11.3. The normalized spacial score (nSPS) is 26.2. The average Bonchev–Trinajstić information content (AvgIpc) is 2.64. The number of ether oxygens (including phenoxy) is 2. The summed E-state index contributed by atoms with van der Waals surface area (Å²) < 4.78 is 10.7. The number of methoxy groups -OCH3 is 1. The molecular formula is C13H27NO2. The monoisotopic (exact) mass is 229 g/mol. The van der Waals surface area contributed by atoms with E-state index < -0.39 is 0 Å². The molecule has 0 aromatic carbocycles. The van der Waals surface area contributed by atoms with Gasteiger partial charge in [-0.25, -0.2) is 0 Å². The van der Waals surface area contributed by atoms with Crippen LogP contribution >= 0.6 is 0 Å². The number of nitrogens with one attached hydrogen (secondary N) is 1. The molecule has 1 unspecified atom stereocenters. The lowest BCUT2D eigenvalue weighted by Gasteiger charge is -2.32. The van der Waals surface area contributed by atoms with Gasteiger partial charge in [0.15, 0.2) is 0 Å². The van der Waals surface area contributed by atoms with Crippen LogP contribution in [-0.4, -0.2) is 39.0 Å². The second-order valence-electron chi connectivity index (χ2n) is 6.00. The zero-order valence-electron chi connectivity index (χ0n) is 11.3. The third kappa shape index (κ3) is 4.81. The van der Waals surface area contributed by atoms with Gasteiger partial charge in [0.2, 0.25) is 0 Å². The first-order chi connectivity index (χ1) is 7.47. The van der Waals surface area contributed by atoms with Crippen molar-refractivity contribution in [3.05, 3.63) is 0 Å². The smallest absolute Gasteiger partial charge is 0.0535 e. The highest BCUT2D eigenvalue weighted by Crippen LogP contribution is 2.33. The molecule has 1 aliphatic rings. The Balaban J connectivity index is 2.39. The Morgan fingerprint density at radius 2 is 2.12 bits per heavy atom. The van der Waals surface area contributed by atoms with E-state index in [4.69, 9.17) is 9.47 Å². The molecule has 0 amide bonds. The van der Waals surface area contributed by atoms with Crippen molar-refractivity contribution in [1.29, 1.82) is 0 Å². The van der Waals surface area contributed by atoms with Crippen LogP contribution in [0.25, 0.3) is 0 Å². The largest absolute Gasteiger partial charge is 0.385 e. The van der Waals surface area contributed by atoms with E-state index in [9.17, 15) is 0 Å². The molecule has 0 aromatic heterocycles. The maximum Gasteiger partial charge on any atom is 0.0535 e. The lowest BCUT2D eigenvalue weighted by molar-refractivity contribution is 0.122. The predicted molar refractivity (Wildman–Crippen MR) is 66.7 cm³/mol. The van der Waals surface area contributed by atoms with Crippen molar-refractivity contribution in [2.24, 2.45) is 5.41 Å². The second-order valence-corrected chi connectivity index (χ2v) is 6.00. The summed E-state index contributed by atoms with van der Waals surface area (Å²) in [7, 11) is 1.77. The van der Waals surface area contributed by atoms with Crippen LogP contribution in [0.1, 0.15) is 40.0 Å². The molecular weight excluding hydrogens is 202 g/mol. The highest BCUT2D eigenvalue weighted by Gasteiger charge is 2.34. The molecule has 1 atom stereocenters. The third-order valence-corrected chi connectivity index (χ3v) is 3.23. The van der Waals surface area contributed by atoms with Gasteiger partial charge in [-0.3, -0.25) is 0 Å². The van der Waals surface area contributed by atoms with E-state index >= 15 is 0 Å². The molecule has 1 rings (SSSR count). The van der Waals surface area contributed by atoms with Gasteiger partial charge in [-0.2, -0.15) is 0 Å². The summed E-state index contributed by atoms with van der Waals surface area (Å²) >= 11 is 0. The quantitative estimate of drug-likeness (QED) is 0.708. The van der Waals surface area contributed by atoms with Crippen LogP contribution in [0.2, 0.25) is 0 Å². The second kappa shape index (κ2) is 5.99. The van der Waals surface area contributed by atoms with Gasteiger partial charge < -0.3 is 14.8 Å². The fourth-order valence-corrected chi connectivity index (χ4v) is 2.12. The predicted octanol–water partition coefficient (Wildman–Crippen LogP) is 2.21. The molecule has 0 aliphatic carbocycles. The molecule has 1 fully saturated rings. The van der Waals surface area contributed by atoms with E-state index in [1.165, 1.54) is 12.8 Å². The fourth-order valence-electron chi connectivity index (χ4n) is 2.12. The van der Waals surface area contributed by atoms with E-state index in [0.29, 0.717) is 5.41 Å². The SMILES string of the molecule is COCCCC1(CNC(C)(C)C)CCOC1. The Morgan fingerprint density at radius 1 is 1.38 bits per heavy atom. The number of hydrogen-bond acceptors (Lipinski definition) is 3. The van der Waals surface area contributed by atoms with E-state index in [1.807, 2.05) is 0 Å². The van der Waals surface area contributed by atoms with Crippen LogP contribution in [0, 0.1) is 5.41 Å². The fraction of sp³-hybridized carbons (Fsp3) is 1.00. The summed E-state index contributed by atoms with van der Waals surface area (Å²) in [6.45, 7) is 10.4. The van der Waals surface area contributed by atoms with Crippen molar-refractivity contribution in [3.63, 3.8) is 0 Å². The van der Waals surface area contributed by atoms with Gasteiger partial charge in [0.05, 0.1) is 6.61 Å². The summed E-state index contributed by atoms with van der Waals surface area (Å²) in [4.78, 5) is 0. The Hall–Kier alpha value is -0.120. The van der Waals surface area contributed by atoms with E-state index in [1.54, 1.807) is 7.11 Å². The molecule has 16 heavy (non-hydrogen) atoms. The summed E-state index contributed by atoms with van der Waals surface area (Å²) in [6.07, 6.45) is 3.51. The molecule has 1 N–H and O–H groups in total. The van der Waals surface area contributed by atoms with Gasteiger partial charge in [0.25, 0.3) is 0 Å². The van der Waals surface area contributed by atoms with Gasteiger partial charge >= 0.3 is 0 Å². The Labute approximate surface area is 99.9 Å². The van der Waals surface area contributed by atoms with Gasteiger partial charge in [0.1, 0.15) is 0 Å². The highest BCUT2D eigenvalue weighted by atomic mass is 16.5. The van der Waals surface area contributed by atoms with Crippen LogP contribution in [0.4, 0.5) is 0 Å². The Morgan fingerprint density at radius 3 is 2.62 bits per heavy atom. The maximum absolute atomic E-state index is 5.58. The molecule has 1 aliphatic heterocycles. The molecule has 1 saturated heterocycles. The molecule has 0 saturated carbocycles. The minimum atomic E-state index is 0.191. The van der Waals surface area contributed by atoms with Crippen molar-refractivity contribution >= 4 is 0 Å². The van der Waals surface area contributed by atoms with Crippen LogP contribution in [0.3, 0.4) is 0 Å². The van der Waals surface area contributed by atoms with Crippen LogP contribution < -0.4 is 5.32 Å². The number of rotatable bonds is 6. The van der Waals surface area contributed by atoms with E-state index in [2.05, 4.69) is 26.1 Å². The zero-order chi connectivity index (χ0) is 12.1. The lowest BCUT2D eigenvalue weighted by Crippen LogP contribution is -2.44. The van der Waals surface area contributed by atoms with Gasteiger partial charge in [-0.1, -0.05) is 0 Å². The van der Waals surface area contributed by atoms with E-state index in [-0.39, 0.29) is 5.54 Å². The molecule has 0 spiro atoms.